The molecule has 1 saturated heterocycles. The number of benzene rings is 1. The maximum absolute atomic E-state index is 13.8. The molecule has 0 N–H and O–H groups in total. The zero-order valence-electron chi connectivity index (χ0n) is 13.3. The molecule has 1 aliphatic rings. The van der Waals surface area contributed by atoms with E-state index < -0.39 is 17.8 Å². The van der Waals surface area contributed by atoms with Crippen molar-refractivity contribution in [2.75, 3.05) is 5.75 Å². The molecule has 1 aromatic heterocycles. The lowest BCUT2D eigenvalue weighted by Crippen LogP contribution is -2.42. The normalized spacial score (nSPS) is 19.9. The molecular weight excluding hydrogens is 369 g/mol. The van der Waals surface area contributed by atoms with Gasteiger partial charge in [-0.05, 0) is 24.3 Å². The van der Waals surface area contributed by atoms with E-state index >= 15 is 0 Å². The summed E-state index contributed by atoms with van der Waals surface area (Å²) in [6.45, 7) is 1.10. The fourth-order valence-corrected chi connectivity index (χ4v) is 4.27. The molecule has 0 radical (unpaired) electrons. The van der Waals surface area contributed by atoms with E-state index in [1.165, 1.54) is 48.0 Å². The molecule has 0 unspecified atom stereocenters. The molecule has 2 heterocycles. The Labute approximate surface area is 153 Å². The van der Waals surface area contributed by atoms with E-state index in [0.717, 1.165) is 0 Å². The molecule has 0 saturated carbocycles. The molecule has 0 spiro atoms. The minimum absolute atomic E-state index is 0.111. The van der Waals surface area contributed by atoms with Crippen molar-refractivity contribution < 1.29 is 23.1 Å². The molecule has 1 amide bonds. The Morgan fingerprint density at radius 2 is 2.20 bits per heavy atom. The van der Waals surface area contributed by atoms with Crippen molar-refractivity contribution in [3.63, 3.8) is 0 Å². The number of thioether (sulfide) groups is 1. The van der Waals surface area contributed by atoms with Gasteiger partial charge in [0.25, 0.3) is 0 Å². The molecule has 0 aliphatic carbocycles. The van der Waals surface area contributed by atoms with Gasteiger partial charge in [0.05, 0.1) is 11.3 Å². The fraction of sp³-hybridized carbons (Fsp3) is 0.294. The van der Waals surface area contributed by atoms with Crippen LogP contribution in [-0.4, -0.2) is 28.6 Å². The maximum atomic E-state index is 13.8. The van der Waals surface area contributed by atoms with Gasteiger partial charge in [-0.25, -0.2) is 9.18 Å². The summed E-state index contributed by atoms with van der Waals surface area (Å²) in [6, 6.07) is 6.95. The Balaban J connectivity index is 1.72. The van der Waals surface area contributed by atoms with Gasteiger partial charge in [-0.1, -0.05) is 17.7 Å². The molecule has 5 nitrogen and oxygen atoms in total. The fourth-order valence-electron chi connectivity index (χ4n) is 2.63. The predicted octanol–water partition coefficient (Wildman–Crippen LogP) is 3.78. The first-order valence-electron chi connectivity index (χ1n) is 7.52. The van der Waals surface area contributed by atoms with Gasteiger partial charge in [0.1, 0.15) is 29.6 Å². The number of nitrogens with zero attached hydrogens (tertiary/aromatic N) is 1. The Morgan fingerprint density at radius 1 is 1.40 bits per heavy atom. The Hall–Kier alpha value is -1.99. The van der Waals surface area contributed by atoms with Crippen LogP contribution in [0.25, 0.3) is 0 Å². The molecule has 1 fully saturated rings. The average molecular weight is 384 g/mol. The van der Waals surface area contributed by atoms with Gasteiger partial charge >= 0.3 is 5.97 Å². The number of furan rings is 1. The van der Waals surface area contributed by atoms with Gasteiger partial charge < -0.3 is 14.1 Å². The lowest BCUT2D eigenvalue weighted by molar-refractivity contribution is -0.154. The summed E-state index contributed by atoms with van der Waals surface area (Å²) in [4.78, 5) is 25.9. The van der Waals surface area contributed by atoms with Crippen LogP contribution in [0, 0.1) is 5.82 Å². The van der Waals surface area contributed by atoms with Crippen molar-refractivity contribution >= 4 is 35.2 Å². The number of halogens is 2. The van der Waals surface area contributed by atoms with E-state index in [0.29, 0.717) is 11.5 Å². The quantitative estimate of drug-likeness (QED) is 0.752. The number of esters is 1. The van der Waals surface area contributed by atoms with Crippen LogP contribution in [0.15, 0.2) is 41.0 Å². The molecule has 1 aromatic carbocycles. The Morgan fingerprint density at radius 3 is 2.84 bits per heavy atom. The van der Waals surface area contributed by atoms with Gasteiger partial charge in [-0.15, -0.1) is 11.8 Å². The first-order chi connectivity index (χ1) is 12.0. The van der Waals surface area contributed by atoms with Crippen LogP contribution in [-0.2, 0) is 20.9 Å². The number of rotatable bonds is 4. The molecule has 132 valence electrons. The Kier molecular flexibility index (Phi) is 5.34. The van der Waals surface area contributed by atoms with Gasteiger partial charge in [0, 0.05) is 18.2 Å². The summed E-state index contributed by atoms with van der Waals surface area (Å²) >= 11 is 7.34. The largest absolute Gasteiger partial charge is 0.466 e. The number of hydrogen-bond donors (Lipinski definition) is 0. The van der Waals surface area contributed by atoms with Crippen molar-refractivity contribution in [2.45, 2.75) is 24.9 Å². The second-order valence-corrected chi connectivity index (χ2v) is 6.97. The highest BCUT2D eigenvalue weighted by molar-refractivity contribution is 7.99. The molecule has 0 bridgehead atoms. The number of hydrogen-bond acceptors (Lipinski definition) is 5. The molecular formula is C17H15ClFNO4S. The lowest BCUT2D eigenvalue weighted by Gasteiger charge is -2.25. The number of carbonyl (C=O) groups is 2. The van der Waals surface area contributed by atoms with Gasteiger partial charge in [-0.2, -0.15) is 0 Å². The molecule has 3 rings (SSSR count). The summed E-state index contributed by atoms with van der Waals surface area (Å²) < 4.78 is 24.3. The zero-order valence-corrected chi connectivity index (χ0v) is 14.8. The SMILES string of the molecule is CC(=O)N1[C@H](C(=O)OCc2c(F)cccc2Cl)CS[C@H]1c1ccco1. The van der Waals surface area contributed by atoms with E-state index in [2.05, 4.69) is 0 Å². The van der Waals surface area contributed by atoms with Crippen LogP contribution >= 0.6 is 23.4 Å². The van der Waals surface area contributed by atoms with E-state index in [4.69, 9.17) is 20.8 Å². The van der Waals surface area contributed by atoms with Crippen LogP contribution in [0.1, 0.15) is 23.6 Å². The summed E-state index contributed by atoms with van der Waals surface area (Å²) in [7, 11) is 0. The first kappa shape index (κ1) is 17.8. The smallest absolute Gasteiger partial charge is 0.330 e. The summed E-state index contributed by atoms with van der Waals surface area (Å²) in [5.41, 5.74) is 0.111. The summed E-state index contributed by atoms with van der Waals surface area (Å²) in [6.07, 6.45) is 1.51. The third kappa shape index (κ3) is 3.67. The first-order valence-corrected chi connectivity index (χ1v) is 8.95. The molecule has 2 aromatic rings. The second kappa shape index (κ2) is 7.49. The van der Waals surface area contributed by atoms with Crippen LogP contribution < -0.4 is 0 Å². The predicted molar refractivity (Wildman–Crippen MR) is 91.4 cm³/mol. The van der Waals surface area contributed by atoms with Crippen LogP contribution in [0.2, 0.25) is 5.02 Å². The molecule has 1 aliphatic heterocycles. The highest BCUT2D eigenvalue weighted by Gasteiger charge is 2.43. The number of carbonyl (C=O) groups excluding carboxylic acids is 2. The lowest BCUT2D eigenvalue weighted by atomic mass is 10.2. The minimum Gasteiger partial charge on any atom is -0.466 e. The van der Waals surface area contributed by atoms with Crippen molar-refractivity contribution in [3.8, 4) is 0 Å². The standard InChI is InChI=1S/C17H15ClFNO4S/c1-10(21)20-14(9-25-16(20)15-6-3-7-23-15)17(22)24-8-11-12(18)4-2-5-13(11)19/h2-7,14,16H,8-9H2,1H3/t14-,16-/m0/s1. The zero-order chi connectivity index (χ0) is 18.0. The van der Waals surface area contributed by atoms with Gasteiger partial charge in [-0.3, -0.25) is 4.79 Å². The van der Waals surface area contributed by atoms with Crippen LogP contribution in [0.3, 0.4) is 0 Å². The van der Waals surface area contributed by atoms with E-state index in [1.807, 2.05) is 0 Å². The topological polar surface area (TPSA) is 59.8 Å². The van der Waals surface area contributed by atoms with Crippen LogP contribution in [0.4, 0.5) is 4.39 Å². The van der Waals surface area contributed by atoms with E-state index in [-0.39, 0.29) is 28.5 Å². The second-order valence-electron chi connectivity index (χ2n) is 5.45. The third-order valence-corrected chi connectivity index (χ3v) is 5.48. The Bertz CT molecular complexity index is 763. The van der Waals surface area contributed by atoms with E-state index in [1.54, 1.807) is 12.1 Å². The highest BCUT2D eigenvalue weighted by atomic mass is 35.5. The minimum atomic E-state index is -0.761. The summed E-state index contributed by atoms with van der Waals surface area (Å²) in [5.74, 6) is -0.451. The van der Waals surface area contributed by atoms with Crippen molar-refractivity contribution in [3.05, 3.63) is 58.8 Å². The van der Waals surface area contributed by atoms with Crippen molar-refractivity contribution in [1.82, 2.24) is 4.90 Å². The third-order valence-electron chi connectivity index (χ3n) is 3.84. The summed E-state index contributed by atoms with van der Waals surface area (Å²) in [5, 5.41) is -0.201. The molecule has 25 heavy (non-hydrogen) atoms. The van der Waals surface area contributed by atoms with Gasteiger partial charge in [0.2, 0.25) is 5.91 Å². The monoisotopic (exact) mass is 383 g/mol. The average Bonchev–Trinajstić information content (AvgIpc) is 3.23. The maximum Gasteiger partial charge on any atom is 0.330 e. The number of amides is 1. The van der Waals surface area contributed by atoms with E-state index in [9.17, 15) is 14.0 Å². The number of ether oxygens (including phenoxy) is 1. The van der Waals surface area contributed by atoms with Gasteiger partial charge in [0.15, 0.2) is 0 Å². The highest BCUT2D eigenvalue weighted by Crippen LogP contribution is 2.41. The van der Waals surface area contributed by atoms with Crippen molar-refractivity contribution in [1.29, 1.82) is 0 Å². The molecule has 8 heteroatoms. The van der Waals surface area contributed by atoms with Crippen LogP contribution in [0.5, 0.6) is 0 Å². The van der Waals surface area contributed by atoms with Crippen molar-refractivity contribution in [2.24, 2.45) is 0 Å². The molecule has 2 atom stereocenters.